The van der Waals surface area contributed by atoms with Crippen molar-refractivity contribution in [3.05, 3.63) is 0 Å². The number of nitrogens with zero attached hydrogens (tertiary/aromatic N) is 2. The highest BCUT2D eigenvalue weighted by molar-refractivity contribution is 4.93. The quantitative estimate of drug-likeness (QED) is 0.423. The molecule has 2 aliphatic heterocycles. The summed E-state index contributed by atoms with van der Waals surface area (Å²) >= 11 is 0. The first-order chi connectivity index (χ1) is 14.2. The van der Waals surface area contributed by atoms with Gasteiger partial charge in [0.2, 0.25) is 0 Å². The van der Waals surface area contributed by atoms with Gasteiger partial charge in [0.05, 0.1) is 12.2 Å². The summed E-state index contributed by atoms with van der Waals surface area (Å²) in [6.07, 6.45) is 1.99. The Balaban J connectivity index is 0.000000316. The SMILES string of the molecule is CC(C)C1CC(C(C)C)N(C(C)C)O1.CC(C)C1ON(C(C)C)C(C(C)C)C1C(C)C. The van der Waals surface area contributed by atoms with Crippen LogP contribution in [0.3, 0.4) is 0 Å². The Bertz CT molecular complexity index is 461. The summed E-state index contributed by atoms with van der Waals surface area (Å²) < 4.78 is 0. The van der Waals surface area contributed by atoms with Gasteiger partial charge in [-0.3, -0.25) is 9.68 Å². The van der Waals surface area contributed by atoms with Crippen LogP contribution >= 0.6 is 0 Å². The molecule has 0 aromatic heterocycles. The van der Waals surface area contributed by atoms with Gasteiger partial charge in [0.1, 0.15) is 0 Å². The van der Waals surface area contributed by atoms with Crippen LogP contribution in [0.5, 0.6) is 0 Å². The van der Waals surface area contributed by atoms with Gasteiger partial charge in [0.25, 0.3) is 0 Å². The van der Waals surface area contributed by atoms with E-state index in [9.17, 15) is 0 Å². The average molecular weight is 441 g/mol. The maximum absolute atomic E-state index is 6.27. The van der Waals surface area contributed by atoms with Gasteiger partial charge in [-0.05, 0) is 63.7 Å². The summed E-state index contributed by atoms with van der Waals surface area (Å²) in [5.74, 6) is 3.87. The minimum atomic E-state index is 0.379. The van der Waals surface area contributed by atoms with Crippen LogP contribution in [-0.2, 0) is 9.68 Å². The third-order valence-corrected chi connectivity index (χ3v) is 7.01. The molecule has 0 spiro atoms. The highest BCUT2D eigenvalue weighted by Crippen LogP contribution is 2.41. The first-order valence-electron chi connectivity index (χ1n) is 13.1. The Hall–Kier alpha value is -0.160. The third-order valence-electron chi connectivity index (χ3n) is 7.01. The average Bonchev–Trinajstić information content (AvgIpc) is 3.25. The molecule has 0 aromatic rings. The fourth-order valence-electron chi connectivity index (χ4n) is 5.27. The first kappa shape index (κ1) is 28.9. The lowest BCUT2D eigenvalue weighted by atomic mass is 9.76. The largest absolute Gasteiger partial charge is 0.295 e. The molecule has 2 rings (SSSR count). The lowest BCUT2D eigenvalue weighted by Crippen LogP contribution is -2.42. The van der Waals surface area contributed by atoms with E-state index in [4.69, 9.17) is 9.68 Å². The molecule has 0 N–H and O–H groups in total. The molecule has 186 valence electrons. The molecule has 5 unspecified atom stereocenters. The van der Waals surface area contributed by atoms with Gasteiger partial charge in [0.15, 0.2) is 0 Å². The number of hydroxylamine groups is 4. The van der Waals surface area contributed by atoms with Gasteiger partial charge in [-0.15, -0.1) is 0 Å². The number of hydrogen-bond donors (Lipinski definition) is 0. The van der Waals surface area contributed by atoms with Gasteiger partial charge in [-0.25, -0.2) is 0 Å². The minimum absolute atomic E-state index is 0.379. The predicted molar refractivity (Wildman–Crippen MR) is 134 cm³/mol. The lowest BCUT2D eigenvalue weighted by Gasteiger charge is -2.33. The smallest absolute Gasteiger partial charge is 0.0862 e. The van der Waals surface area contributed by atoms with Gasteiger partial charge < -0.3 is 0 Å². The zero-order valence-corrected chi connectivity index (χ0v) is 23.3. The molecule has 0 bridgehead atoms. The monoisotopic (exact) mass is 440 g/mol. The van der Waals surface area contributed by atoms with Gasteiger partial charge in [-0.2, -0.15) is 10.1 Å². The van der Waals surface area contributed by atoms with E-state index >= 15 is 0 Å². The summed E-state index contributed by atoms with van der Waals surface area (Å²) in [6, 6.07) is 2.11. The third kappa shape index (κ3) is 7.42. The van der Waals surface area contributed by atoms with Crippen molar-refractivity contribution in [3.63, 3.8) is 0 Å². The molecule has 5 atom stereocenters. The predicted octanol–water partition coefficient (Wildman–Crippen LogP) is 7.04. The van der Waals surface area contributed by atoms with E-state index in [2.05, 4.69) is 107 Å². The van der Waals surface area contributed by atoms with Gasteiger partial charge in [0, 0.05) is 30.1 Å². The van der Waals surface area contributed by atoms with Crippen molar-refractivity contribution in [3.8, 4) is 0 Å². The normalized spacial score (nSPS) is 30.7. The van der Waals surface area contributed by atoms with E-state index in [-0.39, 0.29) is 0 Å². The molecule has 0 radical (unpaired) electrons. The Kier molecular flexibility index (Phi) is 11.5. The van der Waals surface area contributed by atoms with Crippen LogP contribution in [0.2, 0.25) is 0 Å². The molecule has 2 aliphatic rings. The van der Waals surface area contributed by atoms with E-state index in [0.29, 0.717) is 71.9 Å². The fourth-order valence-corrected chi connectivity index (χ4v) is 5.27. The zero-order valence-electron chi connectivity index (χ0n) is 23.3. The van der Waals surface area contributed by atoms with Crippen LogP contribution < -0.4 is 0 Å². The van der Waals surface area contributed by atoms with Crippen molar-refractivity contribution < 1.29 is 9.68 Å². The van der Waals surface area contributed by atoms with Crippen molar-refractivity contribution in [2.75, 3.05) is 0 Å². The molecular weight excluding hydrogens is 384 g/mol. The van der Waals surface area contributed by atoms with Gasteiger partial charge >= 0.3 is 0 Å². The molecule has 2 heterocycles. The number of rotatable bonds is 7. The van der Waals surface area contributed by atoms with E-state index in [0.717, 1.165) is 0 Å². The standard InChI is InChI=1S/C15H31NO.C12H25NO/c1-9(2)13-14(10(3)4)16(12(7)8)17-15(13)11(5)6;1-8(2)11-7-12(9(3)4)14-13(11)10(5)6/h9-15H,1-8H3;8-12H,7H2,1-6H3. The van der Waals surface area contributed by atoms with E-state index < -0.39 is 0 Å². The molecule has 4 nitrogen and oxygen atoms in total. The molecule has 0 amide bonds. The maximum atomic E-state index is 6.27. The summed E-state index contributed by atoms with van der Waals surface area (Å²) in [6.45, 7) is 31.8. The van der Waals surface area contributed by atoms with Crippen LogP contribution in [0.15, 0.2) is 0 Å². The summed E-state index contributed by atoms with van der Waals surface area (Å²) in [5.41, 5.74) is 0. The van der Waals surface area contributed by atoms with Crippen LogP contribution in [0.1, 0.15) is 103 Å². The van der Waals surface area contributed by atoms with Crippen molar-refractivity contribution in [2.24, 2.45) is 35.5 Å². The van der Waals surface area contributed by atoms with Crippen molar-refractivity contribution in [1.82, 2.24) is 10.1 Å². The fraction of sp³-hybridized carbons (Fsp3) is 1.00. The van der Waals surface area contributed by atoms with Crippen molar-refractivity contribution in [2.45, 2.75) is 140 Å². The van der Waals surface area contributed by atoms with Crippen LogP contribution in [-0.4, -0.2) is 46.5 Å². The molecule has 2 fully saturated rings. The molecule has 2 saturated heterocycles. The van der Waals surface area contributed by atoms with Gasteiger partial charge in [-0.1, -0.05) is 69.2 Å². The molecule has 0 aliphatic carbocycles. The second kappa shape index (κ2) is 12.3. The van der Waals surface area contributed by atoms with Crippen LogP contribution in [0.25, 0.3) is 0 Å². The molecule has 4 heteroatoms. The van der Waals surface area contributed by atoms with Crippen LogP contribution in [0, 0.1) is 35.5 Å². The van der Waals surface area contributed by atoms with Crippen molar-refractivity contribution >= 4 is 0 Å². The summed E-state index contributed by atoms with van der Waals surface area (Å²) in [5, 5.41) is 4.47. The van der Waals surface area contributed by atoms with E-state index in [1.807, 2.05) is 0 Å². The Morgan fingerprint density at radius 3 is 1.35 bits per heavy atom. The van der Waals surface area contributed by atoms with Crippen LogP contribution in [0.4, 0.5) is 0 Å². The Labute approximate surface area is 195 Å². The Morgan fingerprint density at radius 1 is 0.548 bits per heavy atom. The topological polar surface area (TPSA) is 24.9 Å². The molecular formula is C27H56N2O2. The van der Waals surface area contributed by atoms with E-state index in [1.54, 1.807) is 0 Å². The Morgan fingerprint density at radius 2 is 1.06 bits per heavy atom. The highest BCUT2D eigenvalue weighted by Gasteiger charge is 2.47. The molecule has 0 saturated carbocycles. The van der Waals surface area contributed by atoms with E-state index in [1.165, 1.54) is 6.42 Å². The number of hydrogen-bond acceptors (Lipinski definition) is 4. The van der Waals surface area contributed by atoms with Crippen molar-refractivity contribution in [1.29, 1.82) is 0 Å². The first-order valence-corrected chi connectivity index (χ1v) is 13.1. The lowest BCUT2D eigenvalue weighted by molar-refractivity contribution is -0.195. The maximum Gasteiger partial charge on any atom is 0.0862 e. The second-order valence-electron chi connectivity index (χ2n) is 12.2. The second-order valence-corrected chi connectivity index (χ2v) is 12.2. The summed E-state index contributed by atoms with van der Waals surface area (Å²) in [4.78, 5) is 12.3. The minimum Gasteiger partial charge on any atom is -0.295 e. The summed E-state index contributed by atoms with van der Waals surface area (Å²) in [7, 11) is 0. The molecule has 31 heavy (non-hydrogen) atoms. The zero-order chi connectivity index (χ0) is 24.2. The highest BCUT2D eigenvalue weighted by atomic mass is 16.7. The molecule has 0 aromatic carbocycles.